The zero-order chi connectivity index (χ0) is 13.8. The quantitative estimate of drug-likeness (QED) is 0.629. The first kappa shape index (κ1) is 13.2. The van der Waals surface area contributed by atoms with Gasteiger partial charge in [0.05, 0.1) is 0 Å². The summed E-state index contributed by atoms with van der Waals surface area (Å²) < 4.78 is 10.3. The summed E-state index contributed by atoms with van der Waals surface area (Å²) in [6, 6.07) is 6.68. The van der Waals surface area contributed by atoms with Gasteiger partial charge in [-0.2, -0.15) is 0 Å². The number of ether oxygens (including phenoxy) is 2. The number of likely N-dealkylation sites (tertiary alicyclic amines) is 1. The summed E-state index contributed by atoms with van der Waals surface area (Å²) in [6.07, 6.45) is -0.143. The fraction of sp³-hybridized carbons (Fsp3) is 0.385. The van der Waals surface area contributed by atoms with E-state index in [2.05, 4.69) is 0 Å². The Labute approximate surface area is 111 Å². The van der Waals surface area contributed by atoms with Crippen LogP contribution < -0.4 is 10.5 Å². The first-order valence-corrected chi connectivity index (χ1v) is 5.99. The summed E-state index contributed by atoms with van der Waals surface area (Å²) >= 11 is 0. The van der Waals surface area contributed by atoms with Gasteiger partial charge in [-0.3, -0.25) is 4.79 Å². The number of hydrogen-bond acceptors (Lipinski definition) is 5. The van der Waals surface area contributed by atoms with Crippen molar-refractivity contribution >= 4 is 17.6 Å². The fourth-order valence-electron chi connectivity index (χ4n) is 1.80. The number of nitrogens with two attached hydrogens (primary N) is 1. The number of amides is 1. The Morgan fingerprint density at radius 2 is 2.11 bits per heavy atom. The van der Waals surface area contributed by atoms with E-state index in [1.807, 2.05) is 0 Å². The van der Waals surface area contributed by atoms with Crippen molar-refractivity contribution in [2.24, 2.45) is 0 Å². The van der Waals surface area contributed by atoms with Gasteiger partial charge < -0.3 is 20.1 Å². The zero-order valence-corrected chi connectivity index (χ0v) is 10.7. The van der Waals surface area contributed by atoms with Crippen LogP contribution in [0.2, 0.25) is 0 Å². The molecule has 1 aliphatic heterocycles. The molecular weight excluding hydrogens is 248 g/mol. The minimum atomic E-state index is -0.674. The molecule has 6 nitrogen and oxygen atoms in total. The van der Waals surface area contributed by atoms with Crippen molar-refractivity contribution in [1.29, 1.82) is 0 Å². The van der Waals surface area contributed by atoms with Crippen LogP contribution in [-0.2, 0) is 14.3 Å². The van der Waals surface area contributed by atoms with E-state index in [4.69, 9.17) is 15.2 Å². The van der Waals surface area contributed by atoms with E-state index in [1.54, 1.807) is 36.2 Å². The molecule has 0 radical (unpaired) electrons. The number of carbonyl (C=O) groups excluding carboxylic acids is 2. The van der Waals surface area contributed by atoms with E-state index in [-0.39, 0.29) is 12.5 Å². The van der Waals surface area contributed by atoms with Crippen molar-refractivity contribution in [3.05, 3.63) is 24.3 Å². The average molecular weight is 264 g/mol. The van der Waals surface area contributed by atoms with E-state index >= 15 is 0 Å². The second kappa shape index (κ2) is 5.60. The third-order valence-corrected chi connectivity index (χ3v) is 2.89. The maximum absolute atomic E-state index is 11.5. The average Bonchev–Trinajstić information content (AvgIpc) is 2.70. The van der Waals surface area contributed by atoms with Crippen LogP contribution in [0.5, 0.6) is 5.75 Å². The highest BCUT2D eigenvalue weighted by Crippen LogP contribution is 2.15. The molecule has 1 unspecified atom stereocenters. The van der Waals surface area contributed by atoms with Crippen molar-refractivity contribution in [1.82, 2.24) is 4.90 Å². The third-order valence-electron chi connectivity index (χ3n) is 2.89. The standard InChI is InChI=1S/C13H16N2O4/c1-15-7-6-11(13(15)17)19-12(16)8-18-10-4-2-9(14)3-5-10/h2-5,11H,6-8,14H2,1H3. The molecule has 102 valence electrons. The molecule has 1 atom stereocenters. The highest BCUT2D eigenvalue weighted by Gasteiger charge is 2.32. The van der Waals surface area contributed by atoms with Crippen LogP contribution in [-0.4, -0.2) is 43.1 Å². The molecule has 0 spiro atoms. The molecule has 0 bridgehead atoms. The molecule has 2 rings (SSSR count). The smallest absolute Gasteiger partial charge is 0.344 e. The lowest BCUT2D eigenvalue weighted by molar-refractivity contribution is -0.157. The number of anilines is 1. The number of carbonyl (C=O) groups is 2. The minimum absolute atomic E-state index is 0.166. The van der Waals surface area contributed by atoms with Crippen molar-refractivity contribution in [3.8, 4) is 5.75 Å². The molecule has 19 heavy (non-hydrogen) atoms. The fourth-order valence-corrected chi connectivity index (χ4v) is 1.80. The number of hydrogen-bond donors (Lipinski definition) is 1. The molecule has 1 aromatic rings. The number of benzene rings is 1. The summed E-state index contributed by atoms with van der Waals surface area (Å²) in [4.78, 5) is 24.6. The molecule has 2 N–H and O–H groups in total. The first-order chi connectivity index (χ1) is 9.06. The predicted octanol–water partition coefficient (Wildman–Crippen LogP) is 0.421. The largest absolute Gasteiger partial charge is 0.482 e. The van der Waals surface area contributed by atoms with Gasteiger partial charge in [0, 0.05) is 25.7 Å². The molecule has 1 aliphatic rings. The number of nitrogen functional groups attached to an aromatic ring is 1. The van der Waals surface area contributed by atoms with Gasteiger partial charge in [-0.05, 0) is 24.3 Å². The Hall–Kier alpha value is -2.24. The highest BCUT2D eigenvalue weighted by atomic mass is 16.6. The molecule has 1 aromatic carbocycles. The van der Waals surface area contributed by atoms with Gasteiger partial charge in [-0.1, -0.05) is 0 Å². The van der Waals surface area contributed by atoms with Crippen LogP contribution in [0.3, 0.4) is 0 Å². The second-order valence-corrected chi connectivity index (χ2v) is 4.38. The lowest BCUT2D eigenvalue weighted by Crippen LogP contribution is -2.30. The molecule has 1 fully saturated rings. The Kier molecular flexibility index (Phi) is 3.89. The molecule has 0 aliphatic carbocycles. The van der Waals surface area contributed by atoms with E-state index in [0.29, 0.717) is 24.4 Å². The number of likely N-dealkylation sites (N-methyl/N-ethyl adjacent to an activating group) is 1. The van der Waals surface area contributed by atoms with Crippen LogP contribution in [0.25, 0.3) is 0 Å². The van der Waals surface area contributed by atoms with Crippen LogP contribution >= 0.6 is 0 Å². The predicted molar refractivity (Wildman–Crippen MR) is 68.5 cm³/mol. The van der Waals surface area contributed by atoms with Crippen molar-refractivity contribution in [2.45, 2.75) is 12.5 Å². The third kappa shape index (κ3) is 3.37. The summed E-state index contributed by atoms with van der Waals surface area (Å²) in [7, 11) is 1.68. The molecule has 6 heteroatoms. The van der Waals surface area contributed by atoms with Gasteiger partial charge in [0.15, 0.2) is 12.7 Å². The highest BCUT2D eigenvalue weighted by molar-refractivity contribution is 5.85. The SMILES string of the molecule is CN1CCC(OC(=O)COc2ccc(N)cc2)C1=O. The van der Waals surface area contributed by atoms with Gasteiger partial charge in [0.25, 0.3) is 5.91 Å². The number of esters is 1. The lowest BCUT2D eigenvalue weighted by atomic mass is 10.3. The van der Waals surface area contributed by atoms with E-state index < -0.39 is 12.1 Å². The lowest BCUT2D eigenvalue weighted by Gasteiger charge is -2.12. The summed E-state index contributed by atoms with van der Waals surface area (Å²) in [6.45, 7) is 0.382. The van der Waals surface area contributed by atoms with Crippen molar-refractivity contribution < 1.29 is 19.1 Å². The monoisotopic (exact) mass is 264 g/mol. The van der Waals surface area contributed by atoms with E-state index in [0.717, 1.165) is 0 Å². The zero-order valence-electron chi connectivity index (χ0n) is 10.7. The summed E-state index contributed by atoms with van der Waals surface area (Å²) in [5.74, 6) is -0.188. The molecule has 0 saturated carbocycles. The van der Waals surface area contributed by atoms with Crippen LogP contribution in [0.15, 0.2) is 24.3 Å². The minimum Gasteiger partial charge on any atom is -0.482 e. The van der Waals surface area contributed by atoms with Gasteiger partial charge in [-0.25, -0.2) is 4.79 Å². The second-order valence-electron chi connectivity index (χ2n) is 4.38. The van der Waals surface area contributed by atoms with E-state index in [9.17, 15) is 9.59 Å². The van der Waals surface area contributed by atoms with Gasteiger partial charge >= 0.3 is 5.97 Å². The molecular formula is C13H16N2O4. The van der Waals surface area contributed by atoms with E-state index in [1.165, 1.54) is 0 Å². The number of rotatable bonds is 4. The summed E-state index contributed by atoms with van der Waals surface area (Å²) in [5, 5.41) is 0. The maximum atomic E-state index is 11.5. The van der Waals surface area contributed by atoms with Gasteiger partial charge in [0.1, 0.15) is 5.75 Å². The summed E-state index contributed by atoms with van der Waals surface area (Å²) in [5.41, 5.74) is 6.15. The topological polar surface area (TPSA) is 81.9 Å². The first-order valence-electron chi connectivity index (χ1n) is 5.99. The van der Waals surface area contributed by atoms with Crippen LogP contribution in [0, 0.1) is 0 Å². The van der Waals surface area contributed by atoms with Crippen molar-refractivity contribution in [3.63, 3.8) is 0 Å². The van der Waals surface area contributed by atoms with Crippen molar-refractivity contribution in [2.75, 3.05) is 25.9 Å². The molecule has 1 saturated heterocycles. The molecule has 1 amide bonds. The van der Waals surface area contributed by atoms with Gasteiger partial charge in [-0.15, -0.1) is 0 Å². The van der Waals surface area contributed by atoms with Gasteiger partial charge in [0.2, 0.25) is 0 Å². The number of nitrogens with zero attached hydrogens (tertiary/aromatic N) is 1. The molecule has 1 heterocycles. The Bertz CT molecular complexity index is 472. The maximum Gasteiger partial charge on any atom is 0.344 e. The Morgan fingerprint density at radius 1 is 1.42 bits per heavy atom. The Balaban J connectivity index is 1.79. The Morgan fingerprint density at radius 3 is 2.68 bits per heavy atom. The van der Waals surface area contributed by atoms with Crippen LogP contribution in [0.4, 0.5) is 5.69 Å². The molecule has 0 aromatic heterocycles. The van der Waals surface area contributed by atoms with Crippen LogP contribution in [0.1, 0.15) is 6.42 Å². The normalized spacial score (nSPS) is 18.5.